The van der Waals surface area contributed by atoms with Gasteiger partial charge in [0.05, 0.1) is 6.10 Å². The van der Waals surface area contributed by atoms with Gasteiger partial charge in [0.15, 0.2) is 0 Å². The van der Waals surface area contributed by atoms with Gasteiger partial charge in [-0.05, 0) is 12.3 Å². The van der Waals surface area contributed by atoms with Gasteiger partial charge in [-0.2, -0.15) is 0 Å². The van der Waals surface area contributed by atoms with E-state index in [1.165, 1.54) is 0 Å². The smallest absolute Gasteiger partial charge is 0.220 e. The molecule has 0 aromatic carbocycles. The molecular weight excluding hydrogens is 204 g/mol. The van der Waals surface area contributed by atoms with Crippen LogP contribution in [0.3, 0.4) is 0 Å². The zero-order valence-electron chi connectivity index (χ0n) is 10.3. The van der Waals surface area contributed by atoms with E-state index in [9.17, 15) is 9.90 Å². The maximum Gasteiger partial charge on any atom is 0.220 e. The van der Waals surface area contributed by atoms with Crippen molar-refractivity contribution in [3.63, 3.8) is 0 Å². The molecule has 0 radical (unpaired) electrons. The van der Waals surface area contributed by atoms with E-state index < -0.39 is 0 Å². The van der Waals surface area contributed by atoms with Gasteiger partial charge >= 0.3 is 0 Å². The largest absolute Gasteiger partial charge is 0.392 e. The van der Waals surface area contributed by atoms with Crippen molar-refractivity contribution < 1.29 is 9.90 Å². The number of carbonyl (C=O) groups is 1. The third-order valence-corrected chi connectivity index (χ3v) is 3.42. The van der Waals surface area contributed by atoms with E-state index in [4.69, 9.17) is 0 Å². The first kappa shape index (κ1) is 13.5. The van der Waals surface area contributed by atoms with Crippen LogP contribution in [0.2, 0.25) is 0 Å². The van der Waals surface area contributed by atoms with Crippen LogP contribution in [0.15, 0.2) is 0 Å². The molecule has 0 aromatic rings. The number of nitrogens with one attached hydrogen (secondary N) is 2. The highest BCUT2D eigenvalue weighted by Crippen LogP contribution is 2.12. The van der Waals surface area contributed by atoms with Crippen LogP contribution in [0.5, 0.6) is 0 Å². The highest BCUT2D eigenvalue weighted by atomic mass is 16.3. The Hall–Kier alpha value is -0.610. The molecule has 0 aromatic heterocycles. The van der Waals surface area contributed by atoms with Crippen molar-refractivity contribution in [2.24, 2.45) is 5.92 Å². The first-order chi connectivity index (χ1) is 7.67. The van der Waals surface area contributed by atoms with E-state index in [1.807, 2.05) is 0 Å². The number of carbonyl (C=O) groups excluding carboxylic acids is 1. The monoisotopic (exact) mass is 228 g/mol. The van der Waals surface area contributed by atoms with Crippen LogP contribution >= 0.6 is 0 Å². The zero-order chi connectivity index (χ0) is 12.0. The second-order valence-electron chi connectivity index (χ2n) is 4.61. The molecule has 2 unspecified atom stereocenters. The Balaban J connectivity index is 2.12. The van der Waals surface area contributed by atoms with E-state index in [0.717, 1.165) is 25.8 Å². The lowest BCUT2D eigenvalue weighted by Gasteiger charge is -2.21. The molecule has 94 valence electrons. The van der Waals surface area contributed by atoms with Crippen LogP contribution in [0.1, 0.15) is 39.5 Å². The average molecular weight is 228 g/mol. The van der Waals surface area contributed by atoms with Crippen LogP contribution in [0.4, 0.5) is 0 Å². The number of hydrogen-bond acceptors (Lipinski definition) is 3. The van der Waals surface area contributed by atoms with Crippen molar-refractivity contribution >= 4 is 5.91 Å². The first-order valence-corrected chi connectivity index (χ1v) is 6.35. The predicted octanol–water partition coefficient (Wildman–Crippen LogP) is 0.652. The molecular formula is C12H24N2O2. The average Bonchev–Trinajstić information content (AvgIpc) is 2.66. The standard InChI is InChI=1S/C12H24N2O2/c1-3-9(4-2)11(15)8-13-7-10-5-6-12(16)14-10/h9-11,13,15H,3-8H2,1-2H3,(H,14,16). The maximum absolute atomic E-state index is 11.0. The molecule has 1 aliphatic rings. The van der Waals surface area contributed by atoms with Gasteiger partial charge in [0, 0.05) is 25.6 Å². The Morgan fingerprint density at radius 3 is 2.69 bits per heavy atom. The molecule has 4 heteroatoms. The molecule has 1 heterocycles. The van der Waals surface area contributed by atoms with Crippen LogP contribution in [-0.4, -0.2) is 36.2 Å². The third-order valence-electron chi connectivity index (χ3n) is 3.42. The van der Waals surface area contributed by atoms with Gasteiger partial charge in [-0.1, -0.05) is 26.7 Å². The van der Waals surface area contributed by atoms with Gasteiger partial charge in [-0.25, -0.2) is 0 Å². The fraction of sp³-hybridized carbons (Fsp3) is 0.917. The van der Waals surface area contributed by atoms with Crippen molar-refractivity contribution in [3.8, 4) is 0 Å². The Labute approximate surface area is 97.8 Å². The molecule has 1 rings (SSSR count). The van der Waals surface area contributed by atoms with Crippen molar-refractivity contribution in [2.45, 2.75) is 51.7 Å². The Morgan fingerprint density at radius 1 is 1.50 bits per heavy atom. The van der Waals surface area contributed by atoms with Crippen molar-refractivity contribution in [1.82, 2.24) is 10.6 Å². The van der Waals surface area contributed by atoms with E-state index in [1.54, 1.807) is 0 Å². The van der Waals surface area contributed by atoms with E-state index in [0.29, 0.717) is 18.9 Å². The summed E-state index contributed by atoms with van der Waals surface area (Å²) in [4.78, 5) is 11.0. The summed E-state index contributed by atoms with van der Waals surface area (Å²) in [7, 11) is 0. The lowest BCUT2D eigenvalue weighted by molar-refractivity contribution is -0.119. The summed E-state index contributed by atoms with van der Waals surface area (Å²) >= 11 is 0. The summed E-state index contributed by atoms with van der Waals surface area (Å²) in [6.07, 6.45) is 3.31. The minimum atomic E-state index is -0.271. The molecule has 0 aliphatic carbocycles. The van der Waals surface area contributed by atoms with Gasteiger partial charge in [0.1, 0.15) is 0 Å². The molecule has 1 saturated heterocycles. The molecule has 1 fully saturated rings. The third kappa shape index (κ3) is 4.10. The first-order valence-electron chi connectivity index (χ1n) is 6.35. The Bertz CT molecular complexity index is 217. The summed E-state index contributed by atoms with van der Waals surface area (Å²) in [5.41, 5.74) is 0. The van der Waals surface area contributed by atoms with E-state index in [-0.39, 0.29) is 18.1 Å². The van der Waals surface area contributed by atoms with Crippen molar-refractivity contribution in [2.75, 3.05) is 13.1 Å². The summed E-state index contributed by atoms with van der Waals surface area (Å²) in [5, 5.41) is 16.0. The second kappa shape index (κ2) is 6.86. The fourth-order valence-electron chi connectivity index (χ4n) is 2.24. The number of rotatable bonds is 7. The van der Waals surface area contributed by atoms with Gasteiger partial charge in [-0.3, -0.25) is 4.79 Å². The van der Waals surface area contributed by atoms with Gasteiger partial charge in [-0.15, -0.1) is 0 Å². The highest BCUT2D eigenvalue weighted by molar-refractivity contribution is 5.78. The Morgan fingerprint density at radius 2 is 2.19 bits per heavy atom. The van der Waals surface area contributed by atoms with E-state index >= 15 is 0 Å². The SMILES string of the molecule is CCC(CC)C(O)CNCC1CCC(=O)N1. The molecule has 1 amide bonds. The summed E-state index contributed by atoms with van der Waals surface area (Å²) in [6, 6.07) is 0.251. The zero-order valence-corrected chi connectivity index (χ0v) is 10.3. The maximum atomic E-state index is 11.0. The summed E-state index contributed by atoms with van der Waals surface area (Å²) in [6.45, 7) is 5.60. The van der Waals surface area contributed by atoms with Gasteiger partial charge in [0.2, 0.25) is 5.91 Å². The topological polar surface area (TPSA) is 61.4 Å². The van der Waals surface area contributed by atoms with Crippen LogP contribution in [0, 0.1) is 5.92 Å². The molecule has 3 N–H and O–H groups in total. The lowest BCUT2D eigenvalue weighted by Crippen LogP contribution is -2.40. The quantitative estimate of drug-likeness (QED) is 0.599. The minimum Gasteiger partial charge on any atom is -0.392 e. The van der Waals surface area contributed by atoms with Crippen molar-refractivity contribution in [3.05, 3.63) is 0 Å². The fourth-order valence-corrected chi connectivity index (χ4v) is 2.24. The molecule has 0 saturated carbocycles. The minimum absolute atomic E-state index is 0.146. The molecule has 0 spiro atoms. The Kier molecular flexibility index (Phi) is 5.77. The molecule has 16 heavy (non-hydrogen) atoms. The van der Waals surface area contributed by atoms with Crippen LogP contribution in [0.25, 0.3) is 0 Å². The number of aliphatic hydroxyl groups is 1. The second-order valence-corrected chi connectivity index (χ2v) is 4.61. The molecule has 0 bridgehead atoms. The predicted molar refractivity (Wildman–Crippen MR) is 64.1 cm³/mol. The summed E-state index contributed by atoms with van der Waals surface area (Å²) < 4.78 is 0. The molecule has 2 atom stereocenters. The van der Waals surface area contributed by atoms with Crippen LogP contribution in [-0.2, 0) is 4.79 Å². The number of hydrogen-bond donors (Lipinski definition) is 3. The highest BCUT2D eigenvalue weighted by Gasteiger charge is 2.21. The van der Waals surface area contributed by atoms with Gasteiger partial charge < -0.3 is 15.7 Å². The van der Waals surface area contributed by atoms with Crippen LogP contribution < -0.4 is 10.6 Å². The van der Waals surface area contributed by atoms with Crippen molar-refractivity contribution in [1.29, 1.82) is 0 Å². The molecule has 4 nitrogen and oxygen atoms in total. The normalized spacial score (nSPS) is 22.5. The van der Waals surface area contributed by atoms with Gasteiger partial charge in [0.25, 0.3) is 0 Å². The number of aliphatic hydroxyl groups excluding tert-OH is 1. The van der Waals surface area contributed by atoms with E-state index in [2.05, 4.69) is 24.5 Å². The molecule has 1 aliphatic heterocycles. The lowest BCUT2D eigenvalue weighted by atomic mass is 9.96. The summed E-state index contributed by atoms with van der Waals surface area (Å²) in [5.74, 6) is 0.526. The number of amides is 1.